The van der Waals surface area contributed by atoms with Crippen LogP contribution in [0.5, 0.6) is 11.5 Å². The van der Waals surface area contributed by atoms with Crippen LogP contribution in [0.1, 0.15) is 23.4 Å². The molecule has 1 atom stereocenters. The molecule has 2 heterocycles. The Morgan fingerprint density at radius 2 is 2.12 bits per heavy atom. The number of nitrogens with zero attached hydrogens (tertiary/aromatic N) is 1. The largest absolute Gasteiger partial charge is 0.493 e. The average molecular weight is 360 g/mol. The lowest BCUT2D eigenvalue weighted by Gasteiger charge is -2.32. The first-order valence-electron chi connectivity index (χ1n) is 8.52. The van der Waals surface area contributed by atoms with Gasteiger partial charge in [0.05, 0.1) is 20.2 Å². The molecule has 0 bridgehead atoms. The Morgan fingerprint density at radius 3 is 2.92 bits per heavy atom. The first-order chi connectivity index (χ1) is 12.2. The quantitative estimate of drug-likeness (QED) is 0.772. The molecule has 6 heteroatoms. The zero-order valence-electron chi connectivity index (χ0n) is 14.7. The van der Waals surface area contributed by atoms with E-state index in [9.17, 15) is 4.79 Å². The van der Waals surface area contributed by atoms with Gasteiger partial charge in [-0.2, -0.15) is 0 Å². The molecule has 0 unspecified atom stereocenters. The maximum absolute atomic E-state index is 12.2. The third kappa shape index (κ3) is 4.32. The van der Waals surface area contributed by atoms with Gasteiger partial charge in [-0.1, -0.05) is 12.1 Å². The number of hydrogen-bond donors (Lipinski definition) is 1. The summed E-state index contributed by atoms with van der Waals surface area (Å²) in [6.07, 6.45) is 1.03. The summed E-state index contributed by atoms with van der Waals surface area (Å²) in [7, 11) is 1.61. The van der Waals surface area contributed by atoms with E-state index >= 15 is 0 Å². The van der Waals surface area contributed by atoms with Crippen molar-refractivity contribution >= 4 is 17.2 Å². The number of ether oxygens (including phenoxy) is 2. The summed E-state index contributed by atoms with van der Waals surface area (Å²) in [5, 5.41) is 5.07. The number of rotatable bonds is 7. The molecule has 0 spiro atoms. The highest BCUT2D eigenvalue weighted by molar-refractivity contribution is 7.10. The number of hydrogen-bond acceptors (Lipinski definition) is 5. The molecule has 0 radical (unpaired) electrons. The van der Waals surface area contributed by atoms with Gasteiger partial charge in [0.25, 0.3) is 0 Å². The molecule has 134 valence electrons. The van der Waals surface area contributed by atoms with E-state index in [1.165, 1.54) is 10.4 Å². The minimum Gasteiger partial charge on any atom is -0.493 e. The molecular weight excluding hydrogens is 336 g/mol. The number of amides is 1. The fourth-order valence-electron chi connectivity index (χ4n) is 3.11. The van der Waals surface area contributed by atoms with E-state index in [1.54, 1.807) is 7.11 Å². The predicted molar refractivity (Wildman–Crippen MR) is 99.5 cm³/mol. The van der Waals surface area contributed by atoms with Crippen molar-refractivity contribution < 1.29 is 14.3 Å². The van der Waals surface area contributed by atoms with Gasteiger partial charge in [-0.05, 0) is 42.5 Å². The van der Waals surface area contributed by atoms with Crippen molar-refractivity contribution in [2.75, 3.05) is 33.4 Å². The summed E-state index contributed by atoms with van der Waals surface area (Å²) in [4.78, 5) is 15.9. The Hall–Kier alpha value is -2.05. The Kier molecular flexibility index (Phi) is 5.94. The number of fused-ring (bicyclic) bond motifs is 1. The van der Waals surface area contributed by atoms with Crippen molar-refractivity contribution in [3.8, 4) is 11.5 Å². The van der Waals surface area contributed by atoms with E-state index in [0.717, 1.165) is 13.0 Å². The molecule has 3 rings (SSSR count). The van der Waals surface area contributed by atoms with Gasteiger partial charge in [-0.25, -0.2) is 0 Å². The van der Waals surface area contributed by atoms with Crippen LogP contribution in [-0.2, 0) is 11.2 Å². The lowest BCUT2D eigenvalue weighted by Crippen LogP contribution is -2.42. The molecule has 1 aromatic carbocycles. The summed E-state index contributed by atoms with van der Waals surface area (Å²) >= 11 is 1.81. The molecule has 0 saturated heterocycles. The van der Waals surface area contributed by atoms with Crippen molar-refractivity contribution in [2.45, 2.75) is 19.4 Å². The van der Waals surface area contributed by atoms with Crippen LogP contribution < -0.4 is 14.8 Å². The van der Waals surface area contributed by atoms with Crippen molar-refractivity contribution in [1.82, 2.24) is 10.2 Å². The molecule has 1 aliphatic rings. The maximum atomic E-state index is 12.2. The van der Waals surface area contributed by atoms with Crippen molar-refractivity contribution in [2.24, 2.45) is 0 Å². The smallest absolute Gasteiger partial charge is 0.234 e. The molecule has 0 saturated carbocycles. The highest BCUT2D eigenvalue weighted by Gasteiger charge is 2.25. The number of para-hydroxylation sites is 2. The third-order valence-electron chi connectivity index (χ3n) is 4.50. The van der Waals surface area contributed by atoms with E-state index in [-0.39, 0.29) is 5.91 Å². The predicted octanol–water partition coefficient (Wildman–Crippen LogP) is 2.87. The van der Waals surface area contributed by atoms with E-state index in [1.807, 2.05) is 35.6 Å². The van der Waals surface area contributed by atoms with Gasteiger partial charge in [-0.15, -0.1) is 11.3 Å². The lowest BCUT2D eigenvalue weighted by molar-refractivity contribution is -0.123. The molecule has 0 fully saturated rings. The zero-order valence-corrected chi connectivity index (χ0v) is 15.5. The van der Waals surface area contributed by atoms with Crippen molar-refractivity contribution in [1.29, 1.82) is 0 Å². The maximum Gasteiger partial charge on any atom is 0.234 e. The Morgan fingerprint density at radius 1 is 1.32 bits per heavy atom. The summed E-state index contributed by atoms with van der Waals surface area (Å²) in [6.45, 7) is 4.41. The molecule has 25 heavy (non-hydrogen) atoms. The van der Waals surface area contributed by atoms with Gasteiger partial charge >= 0.3 is 0 Å². The van der Waals surface area contributed by atoms with Gasteiger partial charge in [0, 0.05) is 17.5 Å². The zero-order chi connectivity index (χ0) is 17.6. The normalized spacial score (nSPS) is 17.0. The van der Waals surface area contributed by atoms with E-state index in [0.29, 0.717) is 37.2 Å². The van der Waals surface area contributed by atoms with Crippen LogP contribution in [-0.4, -0.2) is 44.2 Å². The minimum absolute atomic E-state index is 0.0363. The lowest BCUT2D eigenvalue weighted by atomic mass is 10.0. The van der Waals surface area contributed by atoms with Crippen LogP contribution >= 0.6 is 11.3 Å². The number of nitrogens with one attached hydrogen (secondary N) is 1. The summed E-state index contributed by atoms with van der Waals surface area (Å²) < 4.78 is 10.9. The molecule has 1 amide bonds. The van der Waals surface area contributed by atoms with Crippen molar-refractivity contribution in [3.63, 3.8) is 0 Å². The van der Waals surface area contributed by atoms with Gasteiger partial charge in [0.2, 0.25) is 5.91 Å². The van der Waals surface area contributed by atoms with Crippen LogP contribution in [0.2, 0.25) is 0 Å². The third-order valence-corrected chi connectivity index (χ3v) is 5.50. The standard InChI is InChI=1S/C19H24N2O3S/c1-14-15-8-12-25-18(15)7-10-21(14)13-19(22)20-9-11-24-17-6-4-3-5-16(17)23-2/h3-6,8,12,14H,7,9-11,13H2,1-2H3,(H,20,22)/t14-/m1/s1. The summed E-state index contributed by atoms with van der Waals surface area (Å²) in [5.74, 6) is 1.42. The van der Waals surface area contributed by atoms with Crippen LogP contribution in [0, 0.1) is 0 Å². The second kappa shape index (κ2) is 8.36. The Balaban J connectivity index is 1.41. The van der Waals surface area contributed by atoms with Gasteiger partial charge in [-0.3, -0.25) is 9.69 Å². The SMILES string of the molecule is COc1ccccc1OCCNC(=O)CN1CCc2sccc2[C@H]1C. The first-order valence-corrected chi connectivity index (χ1v) is 9.40. The van der Waals surface area contributed by atoms with Crippen LogP contribution in [0.4, 0.5) is 0 Å². The van der Waals surface area contributed by atoms with Crippen LogP contribution in [0.15, 0.2) is 35.7 Å². The highest BCUT2D eigenvalue weighted by Crippen LogP contribution is 2.32. The minimum atomic E-state index is 0.0363. The number of thiophene rings is 1. The molecule has 5 nitrogen and oxygen atoms in total. The molecule has 1 aromatic heterocycles. The molecule has 2 aromatic rings. The monoisotopic (exact) mass is 360 g/mol. The second-order valence-electron chi connectivity index (χ2n) is 6.04. The van der Waals surface area contributed by atoms with Gasteiger partial charge in [0.15, 0.2) is 11.5 Å². The number of methoxy groups -OCH3 is 1. The fourth-order valence-corrected chi connectivity index (χ4v) is 4.07. The van der Waals surface area contributed by atoms with Gasteiger partial charge in [0.1, 0.15) is 6.61 Å². The summed E-state index contributed by atoms with van der Waals surface area (Å²) in [5.41, 5.74) is 1.36. The molecule has 1 aliphatic heterocycles. The molecule has 0 aliphatic carbocycles. The topological polar surface area (TPSA) is 50.8 Å². The Labute approximate surface area is 152 Å². The van der Waals surface area contributed by atoms with Gasteiger partial charge < -0.3 is 14.8 Å². The van der Waals surface area contributed by atoms with Crippen LogP contribution in [0.3, 0.4) is 0 Å². The number of carbonyl (C=O) groups excluding carboxylic acids is 1. The number of carbonyl (C=O) groups is 1. The summed E-state index contributed by atoms with van der Waals surface area (Å²) in [6, 6.07) is 9.97. The Bertz CT molecular complexity index is 716. The van der Waals surface area contributed by atoms with E-state index < -0.39 is 0 Å². The van der Waals surface area contributed by atoms with Crippen LogP contribution in [0.25, 0.3) is 0 Å². The van der Waals surface area contributed by atoms with E-state index in [4.69, 9.17) is 9.47 Å². The number of benzene rings is 1. The average Bonchev–Trinajstić information content (AvgIpc) is 3.11. The van der Waals surface area contributed by atoms with Crippen molar-refractivity contribution in [3.05, 3.63) is 46.2 Å². The molecular formula is C19H24N2O3S. The van der Waals surface area contributed by atoms with E-state index in [2.05, 4.69) is 28.6 Å². The second-order valence-corrected chi connectivity index (χ2v) is 7.05. The highest BCUT2D eigenvalue weighted by atomic mass is 32.1. The first kappa shape index (κ1) is 17.8. The molecule has 1 N–H and O–H groups in total. The fraction of sp³-hybridized carbons (Fsp3) is 0.421.